The normalized spacial score (nSPS) is 26.4. The van der Waals surface area contributed by atoms with Gasteiger partial charge in [0.2, 0.25) is 0 Å². The summed E-state index contributed by atoms with van der Waals surface area (Å²) in [6.07, 6.45) is 1.29. The minimum Gasteiger partial charge on any atom is -0.362 e. The zero-order valence-electron chi connectivity index (χ0n) is 7.63. The number of nitrogens with zero attached hydrogens (tertiary/aromatic N) is 1. The molecule has 1 rings (SSSR count). The van der Waals surface area contributed by atoms with Gasteiger partial charge < -0.3 is 4.90 Å². The van der Waals surface area contributed by atoms with Gasteiger partial charge in [-0.25, -0.2) is 0 Å². The highest BCUT2D eigenvalue weighted by atomic mass is 32.2. The molecule has 1 unspecified atom stereocenters. The smallest absolute Gasteiger partial charge is 0.0638 e. The fourth-order valence-corrected chi connectivity index (χ4v) is 2.84. The van der Waals surface area contributed by atoms with Crippen molar-refractivity contribution in [2.24, 2.45) is 0 Å². The monoisotopic (exact) mass is 171 g/mol. The molecule has 64 valence electrons. The molecule has 0 amide bonds. The predicted molar refractivity (Wildman–Crippen MR) is 52.7 cm³/mol. The largest absolute Gasteiger partial charge is 0.362 e. The molecule has 1 fully saturated rings. The molecule has 1 heterocycles. The van der Waals surface area contributed by atoms with E-state index in [4.69, 9.17) is 0 Å². The van der Waals surface area contributed by atoms with Crippen LogP contribution in [0, 0.1) is 0 Å². The molecule has 11 heavy (non-hydrogen) atoms. The maximum atomic E-state index is 4.06. The van der Waals surface area contributed by atoms with Crippen molar-refractivity contribution < 1.29 is 0 Å². The van der Waals surface area contributed by atoms with Crippen molar-refractivity contribution in [3.63, 3.8) is 0 Å². The Hall–Kier alpha value is -0.110. The van der Waals surface area contributed by atoms with Crippen molar-refractivity contribution in [1.82, 2.24) is 4.90 Å². The Morgan fingerprint density at radius 1 is 1.64 bits per heavy atom. The van der Waals surface area contributed by atoms with Crippen LogP contribution < -0.4 is 0 Å². The number of thioether (sulfide) groups is 1. The fraction of sp³-hybridized carbons (Fsp3) is 0.778. The molecule has 0 N–H and O–H groups in total. The second kappa shape index (κ2) is 3.53. The van der Waals surface area contributed by atoms with Gasteiger partial charge in [0, 0.05) is 17.8 Å². The molecular weight excluding hydrogens is 154 g/mol. The lowest BCUT2D eigenvalue weighted by molar-refractivity contribution is 0.225. The Kier molecular flexibility index (Phi) is 2.88. The summed E-state index contributed by atoms with van der Waals surface area (Å²) in [5.74, 6) is 1.24. The van der Waals surface area contributed by atoms with Gasteiger partial charge in [-0.1, -0.05) is 6.58 Å². The quantitative estimate of drug-likeness (QED) is 0.597. The third-order valence-electron chi connectivity index (χ3n) is 2.12. The fourth-order valence-electron chi connectivity index (χ4n) is 1.60. The Balaban J connectivity index is 2.63. The van der Waals surface area contributed by atoms with Crippen molar-refractivity contribution in [3.05, 3.63) is 11.6 Å². The molecule has 0 aromatic carbocycles. The van der Waals surface area contributed by atoms with Crippen LogP contribution in [0.5, 0.6) is 0 Å². The maximum Gasteiger partial charge on any atom is 0.0638 e. The molecule has 0 saturated carbocycles. The zero-order chi connectivity index (χ0) is 8.43. The molecule has 1 aliphatic heterocycles. The van der Waals surface area contributed by atoms with Gasteiger partial charge in [-0.05, 0) is 27.2 Å². The number of rotatable bonds is 1. The third-order valence-corrected chi connectivity index (χ3v) is 3.11. The molecule has 1 nitrogen and oxygen atoms in total. The minimum atomic E-state index is 0.602. The van der Waals surface area contributed by atoms with Gasteiger partial charge in [0.25, 0.3) is 0 Å². The first kappa shape index (κ1) is 8.98. The van der Waals surface area contributed by atoms with Crippen molar-refractivity contribution in [1.29, 1.82) is 0 Å². The van der Waals surface area contributed by atoms with E-state index in [1.807, 2.05) is 11.8 Å². The lowest BCUT2D eigenvalue weighted by Crippen LogP contribution is -2.39. The average Bonchev–Trinajstić information content (AvgIpc) is 1.85. The van der Waals surface area contributed by atoms with E-state index in [0.29, 0.717) is 12.1 Å². The van der Waals surface area contributed by atoms with Gasteiger partial charge in [-0.2, -0.15) is 0 Å². The molecule has 1 atom stereocenters. The summed E-state index contributed by atoms with van der Waals surface area (Å²) in [4.78, 5) is 2.41. The molecule has 1 saturated heterocycles. The summed E-state index contributed by atoms with van der Waals surface area (Å²) in [5, 5.41) is 1.25. The Morgan fingerprint density at radius 2 is 2.27 bits per heavy atom. The van der Waals surface area contributed by atoms with Crippen LogP contribution in [0.1, 0.15) is 27.2 Å². The van der Waals surface area contributed by atoms with Crippen LogP contribution in [0.3, 0.4) is 0 Å². The van der Waals surface area contributed by atoms with Crippen LogP contribution in [-0.4, -0.2) is 22.7 Å². The van der Waals surface area contributed by atoms with E-state index in [1.54, 1.807) is 0 Å². The first-order valence-corrected chi connectivity index (χ1v) is 5.21. The van der Waals surface area contributed by atoms with E-state index >= 15 is 0 Å². The van der Waals surface area contributed by atoms with E-state index in [-0.39, 0.29) is 0 Å². The predicted octanol–water partition coefficient (Wildman–Crippen LogP) is 2.69. The number of hydrogen-bond donors (Lipinski definition) is 0. The van der Waals surface area contributed by atoms with E-state index in [0.717, 1.165) is 0 Å². The zero-order valence-corrected chi connectivity index (χ0v) is 8.45. The molecular formula is C9H17NS. The lowest BCUT2D eigenvalue weighted by Gasteiger charge is -2.39. The molecule has 2 heteroatoms. The number of hydrogen-bond acceptors (Lipinski definition) is 2. The Bertz CT molecular complexity index is 154. The second-order valence-corrected chi connectivity index (χ2v) is 4.55. The van der Waals surface area contributed by atoms with Crippen LogP contribution >= 0.6 is 11.8 Å². The molecule has 0 spiro atoms. The van der Waals surface area contributed by atoms with Crippen LogP contribution in [0.25, 0.3) is 0 Å². The van der Waals surface area contributed by atoms with Gasteiger partial charge in [-0.15, -0.1) is 11.8 Å². The standard InChI is InChI=1S/C9H17NS/c1-7(2)10-8(3)5-6-11-9(10)4/h7-8H,4-6H2,1-3H3. The van der Waals surface area contributed by atoms with Crippen LogP contribution in [-0.2, 0) is 0 Å². The van der Waals surface area contributed by atoms with Crippen LogP contribution in [0.4, 0.5) is 0 Å². The Labute approximate surface area is 73.8 Å². The molecule has 0 aliphatic carbocycles. The highest BCUT2D eigenvalue weighted by Gasteiger charge is 2.22. The van der Waals surface area contributed by atoms with Crippen molar-refractivity contribution in [2.45, 2.75) is 39.3 Å². The highest BCUT2D eigenvalue weighted by molar-refractivity contribution is 8.03. The summed E-state index contributed by atoms with van der Waals surface area (Å²) in [5.41, 5.74) is 0. The Morgan fingerprint density at radius 3 is 2.64 bits per heavy atom. The van der Waals surface area contributed by atoms with Crippen molar-refractivity contribution in [2.75, 3.05) is 5.75 Å². The van der Waals surface area contributed by atoms with Crippen molar-refractivity contribution >= 4 is 11.8 Å². The highest BCUT2D eigenvalue weighted by Crippen LogP contribution is 2.30. The van der Waals surface area contributed by atoms with E-state index < -0.39 is 0 Å². The first-order chi connectivity index (χ1) is 5.13. The summed E-state index contributed by atoms with van der Waals surface area (Å²) in [6, 6.07) is 1.29. The van der Waals surface area contributed by atoms with E-state index in [9.17, 15) is 0 Å². The summed E-state index contributed by atoms with van der Waals surface area (Å²) in [7, 11) is 0. The molecule has 0 aromatic rings. The average molecular weight is 171 g/mol. The molecule has 1 aliphatic rings. The molecule has 0 bridgehead atoms. The third kappa shape index (κ3) is 1.92. The van der Waals surface area contributed by atoms with Gasteiger partial charge >= 0.3 is 0 Å². The van der Waals surface area contributed by atoms with E-state index in [1.165, 1.54) is 17.2 Å². The summed E-state index contributed by atoms with van der Waals surface area (Å²) < 4.78 is 0. The van der Waals surface area contributed by atoms with Crippen LogP contribution in [0.2, 0.25) is 0 Å². The molecule has 0 radical (unpaired) electrons. The first-order valence-electron chi connectivity index (χ1n) is 4.23. The lowest BCUT2D eigenvalue weighted by atomic mass is 10.2. The van der Waals surface area contributed by atoms with Gasteiger partial charge in [0.1, 0.15) is 0 Å². The summed E-state index contributed by atoms with van der Waals surface area (Å²) in [6.45, 7) is 10.8. The minimum absolute atomic E-state index is 0.602. The van der Waals surface area contributed by atoms with Crippen LogP contribution in [0.15, 0.2) is 11.6 Å². The van der Waals surface area contributed by atoms with Gasteiger partial charge in [-0.3, -0.25) is 0 Å². The maximum absolute atomic E-state index is 4.06. The van der Waals surface area contributed by atoms with E-state index in [2.05, 4.69) is 32.3 Å². The van der Waals surface area contributed by atoms with Gasteiger partial charge in [0.05, 0.1) is 5.03 Å². The van der Waals surface area contributed by atoms with Crippen molar-refractivity contribution in [3.8, 4) is 0 Å². The van der Waals surface area contributed by atoms with Gasteiger partial charge in [0.15, 0.2) is 0 Å². The molecule has 0 aromatic heterocycles. The topological polar surface area (TPSA) is 3.24 Å². The second-order valence-electron chi connectivity index (χ2n) is 3.38. The summed E-state index contributed by atoms with van der Waals surface area (Å²) >= 11 is 1.89. The SMILES string of the molecule is C=C1SCCC(C)N1C(C)C.